The molecule has 0 saturated heterocycles. The standard InChI is InChI=1S/C19H11Cl2NO/c20-15-6-8-18(21)17(11-15)19-9-7-16(23-19)10-14(12-22)13-4-2-1-3-5-13/h1-11H. The van der Waals surface area contributed by atoms with Crippen LogP contribution in [0.3, 0.4) is 0 Å². The lowest BCUT2D eigenvalue weighted by Crippen LogP contribution is -1.80. The van der Waals surface area contributed by atoms with Gasteiger partial charge < -0.3 is 4.42 Å². The molecule has 0 unspecified atom stereocenters. The maximum Gasteiger partial charge on any atom is 0.136 e. The van der Waals surface area contributed by atoms with Crippen LogP contribution in [0.25, 0.3) is 23.0 Å². The van der Waals surface area contributed by atoms with E-state index in [1.807, 2.05) is 36.4 Å². The van der Waals surface area contributed by atoms with Gasteiger partial charge in [0, 0.05) is 10.6 Å². The van der Waals surface area contributed by atoms with E-state index < -0.39 is 0 Å². The molecule has 112 valence electrons. The van der Waals surface area contributed by atoms with Crippen LogP contribution in [-0.4, -0.2) is 0 Å². The number of allylic oxidation sites excluding steroid dienone is 1. The zero-order chi connectivity index (χ0) is 16.2. The Morgan fingerprint density at radius 3 is 2.52 bits per heavy atom. The van der Waals surface area contributed by atoms with Crippen LogP contribution in [0.15, 0.2) is 65.1 Å². The summed E-state index contributed by atoms with van der Waals surface area (Å²) >= 11 is 12.2. The molecule has 0 fully saturated rings. The van der Waals surface area contributed by atoms with Gasteiger partial charge >= 0.3 is 0 Å². The normalized spacial score (nSPS) is 11.3. The van der Waals surface area contributed by atoms with Gasteiger partial charge in [-0.1, -0.05) is 53.5 Å². The minimum absolute atomic E-state index is 0.531. The number of hydrogen-bond donors (Lipinski definition) is 0. The molecule has 0 spiro atoms. The molecule has 0 N–H and O–H groups in total. The molecule has 0 aliphatic carbocycles. The van der Waals surface area contributed by atoms with Crippen LogP contribution in [0.5, 0.6) is 0 Å². The minimum atomic E-state index is 0.531. The Hall–Kier alpha value is -2.47. The molecule has 3 aromatic rings. The van der Waals surface area contributed by atoms with Gasteiger partial charge in [0.2, 0.25) is 0 Å². The molecule has 0 atom stereocenters. The van der Waals surface area contributed by atoms with Crippen LogP contribution in [0.4, 0.5) is 0 Å². The predicted octanol–water partition coefficient (Wildman–Crippen LogP) is 6.32. The Kier molecular flexibility index (Phi) is 4.52. The largest absolute Gasteiger partial charge is 0.457 e. The quantitative estimate of drug-likeness (QED) is 0.523. The van der Waals surface area contributed by atoms with E-state index in [4.69, 9.17) is 27.6 Å². The molecule has 0 aliphatic rings. The lowest BCUT2D eigenvalue weighted by atomic mass is 10.1. The molecule has 0 bridgehead atoms. The summed E-state index contributed by atoms with van der Waals surface area (Å²) in [5.41, 5.74) is 2.09. The second kappa shape index (κ2) is 6.75. The first-order chi connectivity index (χ1) is 11.2. The van der Waals surface area contributed by atoms with Gasteiger partial charge in [-0.15, -0.1) is 0 Å². The first-order valence-corrected chi connectivity index (χ1v) is 7.65. The van der Waals surface area contributed by atoms with Crippen molar-refractivity contribution < 1.29 is 4.42 Å². The molecule has 3 rings (SSSR count). The van der Waals surface area contributed by atoms with Crippen molar-refractivity contribution in [1.29, 1.82) is 5.26 Å². The van der Waals surface area contributed by atoms with Crippen LogP contribution < -0.4 is 0 Å². The van der Waals surface area contributed by atoms with Crippen molar-refractivity contribution in [1.82, 2.24) is 0 Å². The zero-order valence-electron chi connectivity index (χ0n) is 12.0. The molecule has 0 amide bonds. The molecule has 2 aromatic carbocycles. The Labute approximate surface area is 144 Å². The van der Waals surface area contributed by atoms with E-state index in [-0.39, 0.29) is 0 Å². The number of benzene rings is 2. The van der Waals surface area contributed by atoms with Crippen LogP contribution in [0.2, 0.25) is 10.0 Å². The van der Waals surface area contributed by atoms with E-state index in [1.165, 1.54) is 0 Å². The average Bonchev–Trinajstić information content (AvgIpc) is 3.04. The second-order valence-corrected chi connectivity index (χ2v) is 5.71. The Morgan fingerprint density at radius 2 is 1.78 bits per heavy atom. The molecule has 23 heavy (non-hydrogen) atoms. The number of nitriles is 1. The summed E-state index contributed by atoms with van der Waals surface area (Å²) in [4.78, 5) is 0. The molecule has 2 nitrogen and oxygen atoms in total. The third kappa shape index (κ3) is 3.48. The maximum atomic E-state index is 9.35. The Balaban J connectivity index is 1.98. The SMILES string of the molecule is N#CC(=Cc1ccc(-c2cc(Cl)ccc2Cl)o1)c1ccccc1. The number of hydrogen-bond acceptors (Lipinski definition) is 2. The maximum absolute atomic E-state index is 9.35. The van der Waals surface area contributed by atoms with Crippen molar-refractivity contribution in [3.8, 4) is 17.4 Å². The van der Waals surface area contributed by atoms with E-state index in [1.54, 1.807) is 30.3 Å². The van der Waals surface area contributed by atoms with E-state index in [0.717, 1.165) is 11.1 Å². The predicted molar refractivity (Wildman–Crippen MR) is 94.1 cm³/mol. The van der Waals surface area contributed by atoms with Crippen molar-refractivity contribution in [3.63, 3.8) is 0 Å². The van der Waals surface area contributed by atoms with Crippen molar-refractivity contribution in [2.75, 3.05) is 0 Å². The van der Waals surface area contributed by atoms with Gasteiger partial charge in [0.05, 0.1) is 16.7 Å². The molecular weight excluding hydrogens is 329 g/mol. The smallest absolute Gasteiger partial charge is 0.136 e. The average molecular weight is 340 g/mol. The van der Waals surface area contributed by atoms with Gasteiger partial charge in [-0.05, 0) is 42.0 Å². The van der Waals surface area contributed by atoms with Crippen LogP contribution in [0, 0.1) is 11.3 Å². The highest BCUT2D eigenvalue weighted by Gasteiger charge is 2.09. The van der Waals surface area contributed by atoms with E-state index in [2.05, 4.69) is 6.07 Å². The van der Waals surface area contributed by atoms with Crippen molar-refractivity contribution in [3.05, 3.63) is 82.0 Å². The van der Waals surface area contributed by atoms with Gasteiger partial charge in [0.15, 0.2) is 0 Å². The van der Waals surface area contributed by atoms with E-state index in [9.17, 15) is 5.26 Å². The monoisotopic (exact) mass is 339 g/mol. The first-order valence-electron chi connectivity index (χ1n) is 6.90. The summed E-state index contributed by atoms with van der Waals surface area (Å²) in [5.74, 6) is 1.19. The third-order valence-electron chi connectivity index (χ3n) is 3.31. The van der Waals surface area contributed by atoms with Crippen molar-refractivity contribution in [2.45, 2.75) is 0 Å². The highest BCUT2D eigenvalue weighted by molar-refractivity contribution is 6.35. The summed E-state index contributed by atoms with van der Waals surface area (Å²) in [5, 5.41) is 10.5. The molecule has 0 aliphatic heterocycles. The lowest BCUT2D eigenvalue weighted by Gasteiger charge is -2.01. The number of rotatable bonds is 3. The zero-order valence-corrected chi connectivity index (χ0v) is 13.5. The van der Waals surface area contributed by atoms with Crippen LogP contribution >= 0.6 is 23.2 Å². The summed E-state index contributed by atoms with van der Waals surface area (Å²) in [7, 11) is 0. The van der Waals surface area contributed by atoms with Crippen LogP contribution in [-0.2, 0) is 0 Å². The van der Waals surface area contributed by atoms with E-state index in [0.29, 0.717) is 27.1 Å². The number of nitrogens with zero attached hydrogens (tertiary/aromatic N) is 1. The Morgan fingerprint density at radius 1 is 1.00 bits per heavy atom. The number of halogens is 2. The fourth-order valence-electron chi connectivity index (χ4n) is 2.20. The van der Waals surface area contributed by atoms with Gasteiger partial charge in [-0.2, -0.15) is 5.26 Å². The molecule has 4 heteroatoms. The highest BCUT2D eigenvalue weighted by atomic mass is 35.5. The van der Waals surface area contributed by atoms with Gasteiger partial charge in [-0.3, -0.25) is 0 Å². The molecule has 0 radical (unpaired) electrons. The summed E-state index contributed by atoms with van der Waals surface area (Å²) in [6.07, 6.45) is 1.71. The molecule has 1 heterocycles. The summed E-state index contributed by atoms with van der Waals surface area (Å²) < 4.78 is 5.79. The number of furan rings is 1. The first kappa shape index (κ1) is 15.4. The van der Waals surface area contributed by atoms with Crippen molar-refractivity contribution >= 4 is 34.9 Å². The van der Waals surface area contributed by atoms with Crippen molar-refractivity contribution in [2.24, 2.45) is 0 Å². The molecular formula is C19H11Cl2NO. The second-order valence-electron chi connectivity index (χ2n) is 4.86. The Bertz CT molecular complexity index is 905. The minimum Gasteiger partial charge on any atom is -0.457 e. The van der Waals surface area contributed by atoms with Gasteiger partial charge in [0.1, 0.15) is 11.5 Å². The van der Waals surface area contributed by atoms with Gasteiger partial charge in [0.25, 0.3) is 0 Å². The topological polar surface area (TPSA) is 36.9 Å². The highest BCUT2D eigenvalue weighted by Crippen LogP contribution is 2.32. The molecule has 0 saturated carbocycles. The lowest BCUT2D eigenvalue weighted by molar-refractivity contribution is 0.572. The fourth-order valence-corrected chi connectivity index (χ4v) is 2.58. The third-order valence-corrected chi connectivity index (χ3v) is 3.88. The van der Waals surface area contributed by atoms with Crippen LogP contribution in [0.1, 0.15) is 11.3 Å². The summed E-state index contributed by atoms with van der Waals surface area (Å²) in [6.45, 7) is 0. The summed E-state index contributed by atoms with van der Waals surface area (Å²) in [6, 6.07) is 20.4. The van der Waals surface area contributed by atoms with Gasteiger partial charge in [-0.25, -0.2) is 0 Å². The molecule has 1 aromatic heterocycles. The van der Waals surface area contributed by atoms with E-state index >= 15 is 0 Å². The fraction of sp³-hybridized carbons (Fsp3) is 0.